The quantitative estimate of drug-likeness (QED) is 0.776. The number of aromatic nitrogens is 4. The van der Waals surface area contributed by atoms with Gasteiger partial charge in [-0.3, -0.25) is 4.68 Å². The minimum Gasteiger partial charge on any atom is -0.461 e. The minimum atomic E-state index is -0.382. The third-order valence-corrected chi connectivity index (χ3v) is 2.88. The van der Waals surface area contributed by atoms with Gasteiger partial charge in [0.2, 0.25) is 0 Å². The van der Waals surface area contributed by atoms with Gasteiger partial charge in [-0.2, -0.15) is 5.10 Å². The molecular formula is C14H18N4O2. The number of aryl methyl sites for hydroxylation is 4. The van der Waals surface area contributed by atoms with Crippen molar-refractivity contribution >= 4 is 5.97 Å². The van der Waals surface area contributed by atoms with Crippen LogP contribution in [-0.2, 0) is 17.7 Å². The van der Waals surface area contributed by atoms with E-state index < -0.39 is 0 Å². The number of rotatable bonds is 5. The summed E-state index contributed by atoms with van der Waals surface area (Å²) in [6, 6.07) is 3.63. The van der Waals surface area contributed by atoms with Crippen LogP contribution in [0.5, 0.6) is 0 Å². The summed E-state index contributed by atoms with van der Waals surface area (Å²) >= 11 is 0. The van der Waals surface area contributed by atoms with Crippen LogP contribution in [0.4, 0.5) is 0 Å². The number of carbonyl (C=O) groups excluding carboxylic acids is 1. The molecule has 2 rings (SSSR count). The van der Waals surface area contributed by atoms with E-state index in [1.54, 1.807) is 23.9 Å². The van der Waals surface area contributed by atoms with E-state index in [0.29, 0.717) is 18.8 Å². The van der Waals surface area contributed by atoms with Crippen LogP contribution in [0.15, 0.2) is 18.3 Å². The number of esters is 1. The molecule has 0 fully saturated rings. The minimum absolute atomic E-state index is 0.350. The second kappa shape index (κ2) is 6.27. The van der Waals surface area contributed by atoms with Crippen molar-refractivity contribution in [3.8, 4) is 0 Å². The van der Waals surface area contributed by atoms with Crippen LogP contribution in [0.2, 0.25) is 0 Å². The number of hydrogen-bond donors (Lipinski definition) is 0. The molecule has 0 bridgehead atoms. The summed E-state index contributed by atoms with van der Waals surface area (Å²) in [5, 5.41) is 4.26. The lowest BCUT2D eigenvalue weighted by Gasteiger charge is -2.04. The zero-order chi connectivity index (χ0) is 14.5. The predicted molar refractivity (Wildman–Crippen MR) is 73.4 cm³/mol. The highest BCUT2D eigenvalue weighted by Crippen LogP contribution is 2.07. The van der Waals surface area contributed by atoms with Crippen LogP contribution in [-0.4, -0.2) is 32.3 Å². The summed E-state index contributed by atoms with van der Waals surface area (Å²) in [6.45, 7) is 6.58. The average Bonchev–Trinajstić information content (AvgIpc) is 2.78. The summed E-state index contributed by atoms with van der Waals surface area (Å²) in [7, 11) is 0. The molecule has 0 unspecified atom stereocenters. The molecule has 0 amide bonds. The molecular weight excluding hydrogens is 256 g/mol. The zero-order valence-corrected chi connectivity index (χ0v) is 12.0. The Kier molecular flexibility index (Phi) is 4.45. The summed E-state index contributed by atoms with van der Waals surface area (Å²) in [4.78, 5) is 20.0. The summed E-state index contributed by atoms with van der Waals surface area (Å²) < 4.78 is 6.73. The van der Waals surface area contributed by atoms with E-state index >= 15 is 0 Å². The molecule has 0 N–H and O–H groups in total. The van der Waals surface area contributed by atoms with Crippen molar-refractivity contribution < 1.29 is 9.53 Å². The Morgan fingerprint density at radius 2 is 2.20 bits per heavy atom. The Morgan fingerprint density at radius 3 is 2.90 bits per heavy atom. The van der Waals surface area contributed by atoms with E-state index in [9.17, 15) is 4.79 Å². The zero-order valence-electron chi connectivity index (χ0n) is 12.0. The maximum Gasteiger partial charge on any atom is 0.358 e. The molecule has 2 aromatic heterocycles. The number of nitrogens with zero attached hydrogens (tertiary/aromatic N) is 4. The fourth-order valence-corrected chi connectivity index (χ4v) is 1.91. The lowest BCUT2D eigenvalue weighted by molar-refractivity contribution is 0.0518. The highest BCUT2D eigenvalue weighted by Gasteiger charge is 2.13. The first-order valence-corrected chi connectivity index (χ1v) is 6.60. The molecule has 0 saturated heterocycles. The molecule has 0 aliphatic carbocycles. The number of carbonyl (C=O) groups is 1. The van der Waals surface area contributed by atoms with E-state index in [1.165, 1.54) is 0 Å². The van der Waals surface area contributed by atoms with Crippen molar-refractivity contribution in [3.63, 3.8) is 0 Å². The van der Waals surface area contributed by atoms with Gasteiger partial charge in [-0.25, -0.2) is 14.8 Å². The van der Waals surface area contributed by atoms with Gasteiger partial charge in [0.1, 0.15) is 5.82 Å². The van der Waals surface area contributed by atoms with E-state index in [4.69, 9.17) is 4.74 Å². The first-order chi connectivity index (χ1) is 9.60. The highest BCUT2D eigenvalue weighted by atomic mass is 16.5. The van der Waals surface area contributed by atoms with Gasteiger partial charge in [0.15, 0.2) is 5.69 Å². The fraction of sp³-hybridized carbons (Fsp3) is 0.429. The van der Waals surface area contributed by atoms with Crippen molar-refractivity contribution in [3.05, 3.63) is 41.2 Å². The van der Waals surface area contributed by atoms with Crippen molar-refractivity contribution in [2.45, 2.75) is 33.7 Å². The molecule has 6 heteroatoms. The molecule has 0 spiro atoms. The Hall–Kier alpha value is -2.24. The SMILES string of the molecule is CCOC(=O)c1cc(C)n(CCc2ccnc(C)n2)n1. The molecule has 2 aromatic rings. The maximum atomic E-state index is 11.6. The highest BCUT2D eigenvalue weighted by molar-refractivity contribution is 5.87. The van der Waals surface area contributed by atoms with Crippen LogP contribution in [0.25, 0.3) is 0 Å². The maximum absolute atomic E-state index is 11.6. The van der Waals surface area contributed by atoms with E-state index in [-0.39, 0.29) is 5.97 Å². The standard InChI is InChI=1S/C14H18N4O2/c1-4-20-14(19)13-9-10(2)18(17-13)8-6-12-5-7-15-11(3)16-12/h5,7,9H,4,6,8H2,1-3H3. The molecule has 6 nitrogen and oxygen atoms in total. The van der Waals surface area contributed by atoms with Gasteiger partial charge in [0.05, 0.1) is 6.61 Å². The van der Waals surface area contributed by atoms with E-state index in [0.717, 1.165) is 23.6 Å². The first kappa shape index (κ1) is 14.2. The summed E-state index contributed by atoms with van der Waals surface area (Å²) in [5.41, 5.74) is 2.24. The monoisotopic (exact) mass is 274 g/mol. The summed E-state index contributed by atoms with van der Waals surface area (Å²) in [5.74, 6) is 0.374. The number of ether oxygens (including phenoxy) is 1. The predicted octanol–water partition coefficient (Wildman–Crippen LogP) is 1.71. The van der Waals surface area contributed by atoms with E-state index in [1.807, 2.05) is 19.9 Å². The summed E-state index contributed by atoms with van der Waals surface area (Å²) in [6.07, 6.45) is 2.49. The van der Waals surface area contributed by atoms with Crippen LogP contribution < -0.4 is 0 Å². The number of hydrogen-bond acceptors (Lipinski definition) is 5. The largest absolute Gasteiger partial charge is 0.461 e. The van der Waals surface area contributed by atoms with Gasteiger partial charge < -0.3 is 4.74 Å². The third kappa shape index (κ3) is 3.40. The smallest absolute Gasteiger partial charge is 0.358 e. The molecule has 20 heavy (non-hydrogen) atoms. The van der Waals surface area contributed by atoms with Gasteiger partial charge in [-0.15, -0.1) is 0 Å². The lowest BCUT2D eigenvalue weighted by Crippen LogP contribution is -2.09. The van der Waals surface area contributed by atoms with Crippen molar-refractivity contribution in [2.24, 2.45) is 0 Å². The Bertz CT molecular complexity index is 607. The third-order valence-electron chi connectivity index (χ3n) is 2.88. The van der Waals surface area contributed by atoms with Crippen LogP contribution >= 0.6 is 0 Å². The molecule has 0 aliphatic heterocycles. The molecule has 2 heterocycles. The van der Waals surface area contributed by atoms with Gasteiger partial charge in [-0.1, -0.05) is 0 Å². The topological polar surface area (TPSA) is 69.9 Å². The first-order valence-electron chi connectivity index (χ1n) is 6.60. The second-order valence-electron chi connectivity index (χ2n) is 4.46. The van der Waals surface area contributed by atoms with Crippen LogP contribution in [0.1, 0.15) is 34.6 Å². The molecule has 106 valence electrons. The molecule has 0 aliphatic rings. The van der Waals surface area contributed by atoms with Gasteiger partial charge >= 0.3 is 5.97 Å². The molecule has 0 radical (unpaired) electrons. The van der Waals surface area contributed by atoms with Crippen LogP contribution in [0, 0.1) is 13.8 Å². The lowest BCUT2D eigenvalue weighted by atomic mass is 10.3. The average molecular weight is 274 g/mol. The Labute approximate surface area is 117 Å². The molecule has 0 atom stereocenters. The Morgan fingerprint density at radius 1 is 1.40 bits per heavy atom. The Balaban J connectivity index is 2.05. The second-order valence-corrected chi connectivity index (χ2v) is 4.46. The molecule has 0 aromatic carbocycles. The van der Waals surface area contributed by atoms with Gasteiger partial charge in [0, 0.05) is 30.6 Å². The van der Waals surface area contributed by atoms with E-state index in [2.05, 4.69) is 15.1 Å². The van der Waals surface area contributed by atoms with Gasteiger partial charge in [0.25, 0.3) is 0 Å². The molecule has 0 saturated carbocycles. The van der Waals surface area contributed by atoms with Crippen LogP contribution in [0.3, 0.4) is 0 Å². The van der Waals surface area contributed by atoms with Crippen molar-refractivity contribution in [2.75, 3.05) is 6.61 Å². The normalized spacial score (nSPS) is 10.6. The van der Waals surface area contributed by atoms with Gasteiger partial charge in [-0.05, 0) is 32.9 Å². The fourth-order valence-electron chi connectivity index (χ4n) is 1.91. The van der Waals surface area contributed by atoms with Crippen molar-refractivity contribution in [1.82, 2.24) is 19.7 Å². The van der Waals surface area contributed by atoms with Crippen molar-refractivity contribution in [1.29, 1.82) is 0 Å².